The van der Waals surface area contributed by atoms with E-state index in [1.165, 1.54) is 0 Å². The van der Waals surface area contributed by atoms with Crippen molar-refractivity contribution in [2.24, 2.45) is 11.8 Å². The Kier molecular flexibility index (Phi) is 3.42. The third kappa shape index (κ3) is 2.19. The number of amides is 2. The summed E-state index contributed by atoms with van der Waals surface area (Å²) < 4.78 is -2.09. The lowest BCUT2D eigenvalue weighted by Gasteiger charge is -2.27. The number of fused-ring (bicyclic) bond motifs is 1. The minimum Gasteiger partial charge on any atom is -0.369 e. The predicted molar refractivity (Wildman–Crippen MR) is 63.5 cm³/mol. The molecular weight excluding hydrogens is 288 g/mol. The van der Waals surface area contributed by atoms with Crippen molar-refractivity contribution >= 4 is 46.6 Å². The highest BCUT2D eigenvalue weighted by molar-refractivity contribution is 6.68. The van der Waals surface area contributed by atoms with Gasteiger partial charge in [0.25, 0.3) is 0 Å². The van der Waals surface area contributed by atoms with Crippen molar-refractivity contribution in [2.75, 3.05) is 0 Å². The van der Waals surface area contributed by atoms with E-state index in [-0.39, 0.29) is 0 Å². The van der Waals surface area contributed by atoms with E-state index < -0.39 is 33.7 Å². The van der Waals surface area contributed by atoms with Crippen molar-refractivity contribution in [3.05, 3.63) is 12.2 Å². The van der Waals surface area contributed by atoms with Gasteiger partial charge in [-0.2, -0.15) is 0 Å². The summed E-state index contributed by atoms with van der Waals surface area (Å²) in [6.07, 6.45) is 2.92. The molecule has 1 fully saturated rings. The minimum atomic E-state index is -2.09. The summed E-state index contributed by atoms with van der Waals surface area (Å²) in [7, 11) is 0. The lowest BCUT2D eigenvalue weighted by Crippen LogP contribution is -2.47. The van der Waals surface area contributed by atoms with Gasteiger partial charge in [-0.05, 0) is 12.8 Å². The number of aliphatic hydroxyl groups excluding tert-OH is 1. The standard InChI is InChI=1S/C10H10Cl3NO3/c11-10(12,13)9(17)14-7(15)5-3-1-2-4-6(5)8(14)16/h1-2,5-6,9,17H,3-4H2/t5-,6+,9-/m1/s1. The second-order valence-electron chi connectivity index (χ2n) is 4.12. The van der Waals surface area contributed by atoms with Crippen molar-refractivity contribution in [2.45, 2.75) is 22.9 Å². The first-order valence-corrected chi connectivity index (χ1v) is 6.24. The van der Waals surface area contributed by atoms with Crippen LogP contribution in [-0.2, 0) is 9.59 Å². The van der Waals surface area contributed by atoms with Crippen LogP contribution in [0.15, 0.2) is 12.2 Å². The van der Waals surface area contributed by atoms with Gasteiger partial charge < -0.3 is 5.11 Å². The predicted octanol–water partition coefficient (Wildman–Crippen LogP) is 1.63. The van der Waals surface area contributed by atoms with Crippen LogP contribution in [0, 0.1) is 11.8 Å². The third-order valence-electron chi connectivity index (χ3n) is 3.08. The molecule has 2 amide bonds. The highest BCUT2D eigenvalue weighted by Gasteiger charge is 2.53. The molecule has 0 saturated carbocycles. The molecule has 0 aromatic carbocycles. The molecule has 1 heterocycles. The zero-order valence-electron chi connectivity index (χ0n) is 8.65. The molecule has 17 heavy (non-hydrogen) atoms. The Labute approximate surface area is 113 Å². The maximum atomic E-state index is 12.0. The third-order valence-corrected chi connectivity index (χ3v) is 3.66. The van der Waals surface area contributed by atoms with Crippen LogP contribution in [0.25, 0.3) is 0 Å². The second-order valence-corrected chi connectivity index (χ2v) is 6.49. The van der Waals surface area contributed by atoms with E-state index in [1.54, 1.807) is 0 Å². The SMILES string of the molecule is O=C1[C@H]2CC=CC[C@H]2C(=O)N1[C@H](O)C(Cl)(Cl)Cl. The first kappa shape index (κ1) is 13.1. The summed E-state index contributed by atoms with van der Waals surface area (Å²) in [5, 5.41) is 9.74. The van der Waals surface area contributed by atoms with Gasteiger partial charge in [0.15, 0.2) is 6.23 Å². The first-order chi connectivity index (χ1) is 7.84. The smallest absolute Gasteiger partial charge is 0.235 e. The number of carbonyl (C=O) groups excluding carboxylic acids is 2. The van der Waals surface area contributed by atoms with Gasteiger partial charge >= 0.3 is 0 Å². The Hall–Kier alpha value is -0.290. The maximum absolute atomic E-state index is 12.0. The fraction of sp³-hybridized carbons (Fsp3) is 0.600. The highest BCUT2D eigenvalue weighted by atomic mass is 35.6. The molecule has 2 aliphatic rings. The van der Waals surface area contributed by atoms with Crippen LogP contribution >= 0.6 is 34.8 Å². The Morgan fingerprint density at radius 1 is 1.18 bits per heavy atom. The molecule has 1 aliphatic heterocycles. The second kappa shape index (κ2) is 4.43. The summed E-state index contributed by atoms with van der Waals surface area (Å²) in [5.74, 6) is -1.81. The normalized spacial score (nSPS) is 30.7. The quantitative estimate of drug-likeness (QED) is 0.455. The lowest BCUT2D eigenvalue weighted by molar-refractivity contribution is -0.150. The van der Waals surface area contributed by atoms with Crippen LogP contribution in [0.3, 0.4) is 0 Å². The number of allylic oxidation sites excluding steroid dienone is 2. The molecule has 0 spiro atoms. The number of rotatable bonds is 1. The van der Waals surface area contributed by atoms with E-state index in [9.17, 15) is 14.7 Å². The van der Waals surface area contributed by atoms with Crippen LogP contribution in [0.1, 0.15) is 12.8 Å². The molecule has 0 radical (unpaired) electrons. The molecule has 2 rings (SSSR count). The zero-order valence-corrected chi connectivity index (χ0v) is 10.9. The van der Waals surface area contributed by atoms with Gasteiger partial charge in [-0.1, -0.05) is 47.0 Å². The molecule has 0 bridgehead atoms. The molecule has 0 aromatic rings. The summed E-state index contributed by atoms with van der Waals surface area (Å²) >= 11 is 16.5. The summed E-state index contributed by atoms with van der Waals surface area (Å²) in [4.78, 5) is 24.6. The number of likely N-dealkylation sites (tertiary alicyclic amines) is 1. The Balaban J connectivity index is 2.27. The van der Waals surface area contributed by atoms with Crippen LogP contribution in [0.2, 0.25) is 0 Å². The molecule has 7 heteroatoms. The fourth-order valence-corrected chi connectivity index (χ4v) is 2.51. The number of hydrogen-bond acceptors (Lipinski definition) is 3. The van der Waals surface area contributed by atoms with Crippen LogP contribution < -0.4 is 0 Å². The molecule has 4 nitrogen and oxygen atoms in total. The largest absolute Gasteiger partial charge is 0.369 e. The van der Waals surface area contributed by atoms with Crippen LogP contribution in [0.4, 0.5) is 0 Å². The van der Waals surface area contributed by atoms with Gasteiger partial charge in [-0.15, -0.1) is 0 Å². The molecule has 94 valence electrons. The van der Waals surface area contributed by atoms with Crippen molar-refractivity contribution in [1.82, 2.24) is 4.90 Å². The molecule has 1 N–H and O–H groups in total. The first-order valence-electron chi connectivity index (χ1n) is 5.10. The van der Waals surface area contributed by atoms with Gasteiger partial charge in [-0.3, -0.25) is 14.5 Å². The van der Waals surface area contributed by atoms with Gasteiger partial charge in [0, 0.05) is 0 Å². The molecule has 1 aliphatic carbocycles. The number of hydrogen-bond donors (Lipinski definition) is 1. The molecular formula is C10H10Cl3NO3. The van der Waals surface area contributed by atoms with Crippen molar-refractivity contribution in [1.29, 1.82) is 0 Å². The molecule has 1 saturated heterocycles. The van der Waals surface area contributed by atoms with Crippen molar-refractivity contribution in [3.8, 4) is 0 Å². The number of nitrogens with zero attached hydrogens (tertiary/aromatic N) is 1. The molecule has 3 atom stereocenters. The van der Waals surface area contributed by atoms with E-state index in [4.69, 9.17) is 34.8 Å². The average Bonchev–Trinajstić information content (AvgIpc) is 2.51. The fourth-order valence-electron chi connectivity index (χ4n) is 2.21. The maximum Gasteiger partial charge on any atom is 0.235 e. The Bertz CT molecular complexity index is 365. The monoisotopic (exact) mass is 297 g/mol. The van der Waals surface area contributed by atoms with Crippen molar-refractivity contribution in [3.63, 3.8) is 0 Å². The number of halogens is 3. The van der Waals surface area contributed by atoms with E-state index in [0.29, 0.717) is 17.7 Å². The number of carbonyl (C=O) groups is 2. The number of alkyl halides is 3. The van der Waals surface area contributed by atoms with E-state index in [2.05, 4.69) is 0 Å². The Morgan fingerprint density at radius 2 is 1.59 bits per heavy atom. The van der Waals surface area contributed by atoms with Gasteiger partial charge in [0.1, 0.15) is 0 Å². The van der Waals surface area contributed by atoms with Crippen LogP contribution in [-0.4, -0.2) is 31.8 Å². The molecule has 0 aromatic heterocycles. The van der Waals surface area contributed by atoms with Gasteiger partial charge in [0.05, 0.1) is 11.8 Å². The Morgan fingerprint density at radius 3 is 1.94 bits per heavy atom. The lowest BCUT2D eigenvalue weighted by atomic mass is 9.85. The summed E-state index contributed by atoms with van der Waals surface area (Å²) in [5.41, 5.74) is 0. The number of aliphatic hydroxyl groups is 1. The summed E-state index contributed by atoms with van der Waals surface area (Å²) in [6.45, 7) is 0. The van der Waals surface area contributed by atoms with E-state index >= 15 is 0 Å². The van der Waals surface area contributed by atoms with Gasteiger partial charge in [-0.25, -0.2) is 0 Å². The zero-order chi connectivity index (χ0) is 12.8. The van der Waals surface area contributed by atoms with E-state index in [1.807, 2.05) is 12.2 Å². The van der Waals surface area contributed by atoms with Crippen molar-refractivity contribution < 1.29 is 14.7 Å². The summed E-state index contributed by atoms with van der Waals surface area (Å²) in [6, 6.07) is 0. The molecule has 0 unspecified atom stereocenters. The van der Waals surface area contributed by atoms with Crippen LogP contribution in [0.5, 0.6) is 0 Å². The minimum absolute atomic E-state index is 0.436. The van der Waals surface area contributed by atoms with E-state index in [0.717, 1.165) is 0 Å². The average molecular weight is 299 g/mol. The topological polar surface area (TPSA) is 57.6 Å². The van der Waals surface area contributed by atoms with Gasteiger partial charge in [0.2, 0.25) is 15.6 Å². The highest BCUT2D eigenvalue weighted by Crippen LogP contribution is 2.40. The number of imide groups is 1.